The standard InChI is InChI=1S/C31H35FN6O4S2/c1-15(17-3-4-17)34-31-35-16(2)24(30-37-26-23(43-30)11-12-33-25(26)18-5-6-18)29(38-31)36-22-13-19(27(39)28(22)40)14-44(41,42)21-9-7-20(32)8-10-21/h7-12,15,17-19,22,27-28,39-40H,3-6,13-14H2,1-2H3,(H2,34,35,36,38)/t15-,19-,22-,27-,28+/m1/s1. The van der Waals surface area contributed by atoms with Crippen LogP contribution in [0, 0.1) is 24.6 Å². The monoisotopic (exact) mass is 638 g/mol. The SMILES string of the molecule is Cc1nc(N[C@H](C)C2CC2)nc(N[C@@H]2C[C@H](CS(=O)(=O)c3ccc(F)cc3)[C@@H](O)[C@H]2O)c1-c1nc2c(C3CC3)nccc2s1. The summed E-state index contributed by atoms with van der Waals surface area (Å²) in [5, 5.41) is 29.5. The largest absolute Gasteiger partial charge is 0.390 e. The van der Waals surface area contributed by atoms with E-state index in [1.165, 1.54) is 23.5 Å². The van der Waals surface area contributed by atoms with E-state index in [1.807, 2.05) is 19.2 Å². The normalized spacial score (nSPS) is 24.5. The maximum atomic E-state index is 13.4. The van der Waals surface area contributed by atoms with Crippen LogP contribution < -0.4 is 10.6 Å². The number of benzene rings is 1. The molecule has 4 aromatic rings. The maximum absolute atomic E-state index is 13.4. The van der Waals surface area contributed by atoms with E-state index in [-0.39, 0.29) is 23.1 Å². The van der Waals surface area contributed by atoms with Gasteiger partial charge in [0.1, 0.15) is 28.3 Å². The molecule has 0 saturated heterocycles. The highest BCUT2D eigenvalue weighted by Crippen LogP contribution is 2.45. The molecule has 10 nitrogen and oxygen atoms in total. The third-order valence-corrected chi connectivity index (χ3v) is 11.9. The summed E-state index contributed by atoms with van der Waals surface area (Å²) in [4.78, 5) is 19.2. The lowest BCUT2D eigenvalue weighted by Crippen LogP contribution is -2.36. The van der Waals surface area contributed by atoms with E-state index in [9.17, 15) is 23.0 Å². The molecule has 0 bridgehead atoms. The maximum Gasteiger partial charge on any atom is 0.225 e. The Morgan fingerprint density at radius 1 is 1.05 bits per heavy atom. The van der Waals surface area contributed by atoms with Crippen LogP contribution in [0.3, 0.4) is 0 Å². The Balaban J connectivity index is 1.21. The van der Waals surface area contributed by atoms with Crippen LogP contribution >= 0.6 is 11.3 Å². The zero-order valence-corrected chi connectivity index (χ0v) is 26.1. The molecule has 13 heteroatoms. The number of pyridine rings is 1. The second-order valence-corrected chi connectivity index (χ2v) is 15.5. The average molecular weight is 639 g/mol. The molecule has 44 heavy (non-hydrogen) atoms. The van der Waals surface area contributed by atoms with Gasteiger partial charge < -0.3 is 20.8 Å². The minimum absolute atomic E-state index is 0.0258. The first-order chi connectivity index (χ1) is 21.1. The van der Waals surface area contributed by atoms with Crippen molar-refractivity contribution in [1.82, 2.24) is 19.9 Å². The summed E-state index contributed by atoms with van der Waals surface area (Å²) in [5.41, 5.74) is 3.29. The lowest BCUT2D eigenvalue weighted by molar-refractivity contribution is 0.0216. The van der Waals surface area contributed by atoms with Crippen LogP contribution in [0.25, 0.3) is 20.8 Å². The third-order valence-electron chi connectivity index (χ3n) is 9.02. The van der Waals surface area contributed by atoms with Crippen molar-refractivity contribution in [3.05, 3.63) is 53.7 Å². The molecule has 3 aromatic heterocycles. The van der Waals surface area contributed by atoms with Crippen LogP contribution in [-0.4, -0.2) is 68.6 Å². The number of hydrogen-bond donors (Lipinski definition) is 4. The molecule has 232 valence electrons. The number of thiazole rings is 1. The predicted molar refractivity (Wildman–Crippen MR) is 167 cm³/mol. The van der Waals surface area contributed by atoms with Crippen LogP contribution in [0.5, 0.6) is 0 Å². The van der Waals surface area contributed by atoms with E-state index in [1.54, 1.807) is 0 Å². The van der Waals surface area contributed by atoms with E-state index >= 15 is 0 Å². The molecule has 1 aromatic carbocycles. The number of nitrogens with one attached hydrogen (secondary N) is 2. The minimum Gasteiger partial charge on any atom is -0.390 e. The Morgan fingerprint density at radius 2 is 1.80 bits per heavy atom. The third kappa shape index (κ3) is 5.78. The van der Waals surface area contributed by atoms with Gasteiger partial charge in [-0.2, -0.15) is 4.98 Å². The summed E-state index contributed by atoms with van der Waals surface area (Å²) in [6.07, 6.45) is 4.01. The van der Waals surface area contributed by atoms with Gasteiger partial charge in [0.25, 0.3) is 0 Å². The number of sulfone groups is 1. The van der Waals surface area contributed by atoms with Gasteiger partial charge in [-0.1, -0.05) is 0 Å². The van der Waals surface area contributed by atoms with Gasteiger partial charge in [-0.3, -0.25) is 4.98 Å². The number of fused-ring (bicyclic) bond motifs is 1. The first-order valence-corrected chi connectivity index (χ1v) is 17.6. The number of rotatable bonds is 10. The van der Waals surface area contributed by atoms with Crippen molar-refractivity contribution >= 4 is 43.2 Å². The van der Waals surface area contributed by atoms with E-state index < -0.39 is 39.8 Å². The summed E-state index contributed by atoms with van der Waals surface area (Å²) in [6.45, 7) is 4.01. The summed E-state index contributed by atoms with van der Waals surface area (Å²) < 4.78 is 40.6. The fraction of sp³-hybridized carbons (Fsp3) is 0.484. The van der Waals surface area contributed by atoms with Crippen LogP contribution in [0.4, 0.5) is 16.2 Å². The van der Waals surface area contributed by atoms with Crippen LogP contribution in [0.15, 0.2) is 41.4 Å². The molecule has 3 aliphatic carbocycles. The fourth-order valence-corrected chi connectivity index (χ4v) is 8.89. The minimum atomic E-state index is -3.83. The number of aliphatic hydroxyl groups excluding tert-OH is 2. The van der Waals surface area contributed by atoms with E-state index in [0.717, 1.165) is 58.7 Å². The molecule has 0 spiro atoms. The van der Waals surface area contributed by atoms with E-state index in [0.29, 0.717) is 34.9 Å². The molecule has 3 fully saturated rings. The van der Waals surface area contributed by atoms with Crippen molar-refractivity contribution in [3.63, 3.8) is 0 Å². The second-order valence-electron chi connectivity index (χ2n) is 12.4. The zero-order valence-electron chi connectivity index (χ0n) is 24.4. The van der Waals surface area contributed by atoms with Crippen LogP contribution in [0.1, 0.15) is 56.3 Å². The van der Waals surface area contributed by atoms with Gasteiger partial charge in [-0.25, -0.2) is 22.8 Å². The van der Waals surface area contributed by atoms with Gasteiger partial charge in [0.05, 0.1) is 44.4 Å². The number of aliphatic hydroxyl groups is 2. The Morgan fingerprint density at radius 3 is 2.50 bits per heavy atom. The number of aryl methyl sites for hydroxylation is 1. The molecular formula is C31H35FN6O4S2. The molecule has 3 heterocycles. The number of aromatic nitrogens is 4. The van der Waals surface area contributed by atoms with Gasteiger partial charge in [-0.15, -0.1) is 11.3 Å². The number of halogens is 1. The molecular weight excluding hydrogens is 604 g/mol. The molecule has 0 radical (unpaired) electrons. The smallest absolute Gasteiger partial charge is 0.225 e. The van der Waals surface area contributed by atoms with Gasteiger partial charge in [0.15, 0.2) is 9.84 Å². The van der Waals surface area contributed by atoms with Crippen LogP contribution in [-0.2, 0) is 9.84 Å². The van der Waals surface area contributed by atoms with Crippen molar-refractivity contribution in [2.75, 3.05) is 16.4 Å². The summed E-state index contributed by atoms with van der Waals surface area (Å²) in [5.74, 6) is 0.255. The average Bonchev–Trinajstić information content (AvgIpc) is 3.91. The highest BCUT2D eigenvalue weighted by molar-refractivity contribution is 7.91. The number of hydrogen-bond acceptors (Lipinski definition) is 11. The first kappa shape index (κ1) is 29.5. The van der Waals surface area contributed by atoms with Gasteiger partial charge >= 0.3 is 0 Å². The molecule has 4 N–H and O–H groups in total. The number of anilines is 2. The Kier molecular flexibility index (Phi) is 7.54. The van der Waals surface area contributed by atoms with Gasteiger partial charge in [-0.05, 0) is 82.2 Å². The molecule has 0 unspecified atom stereocenters. The summed E-state index contributed by atoms with van der Waals surface area (Å²) >= 11 is 1.53. The lowest BCUT2D eigenvalue weighted by Gasteiger charge is -2.22. The van der Waals surface area contributed by atoms with E-state index in [4.69, 9.17) is 15.0 Å². The summed E-state index contributed by atoms with van der Waals surface area (Å²) in [7, 11) is -3.83. The number of nitrogens with zero attached hydrogens (tertiary/aromatic N) is 4. The molecule has 3 aliphatic rings. The highest BCUT2D eigenvalue weighted by Gasteiger charge is 2.44. The molecule has 0 amide bonds. The highest BCUT2D eigenvalue weighted by atomic mass is 32.2. The zero-order chi connectivity index (χ0) is 30.7. The Bertz CT molecular complexity index is 1810. The first-order valence-electron chi connectivity index (χ1n) is 15.1. The Labute approximate surface area is 259 Å². The topological polar surface area (TPSA) is 150 Å². The van der Waals surface area contributed by atoms with Crippen molar-refractivity contribution in [2.45, 2.75) is 81.1 Å². The van der Waals surface area contributed by atoms with Gasteiger partial charge in [0.2, 0.25) is 5.95 Å². The molecule has 5 atom stereocenters. The van der Waals surface area contributed by atoms with Crippen molar-refractivity contribution < 1.29 is 23.0 Å². The quantitative estimate of drug-likeness (QED) is 0.180. The molecule has 0 aliphatic heterocycles. The van der Waals surface area contributed by atoms with Crippen molar-refractivity contribution in [3.8, 4) is 10.6 Å². The van der Waals surface area contributed by atoms with Crippen molar-refractivity contribution in [2.24, 2.45) is 11.8 Å². The van der Waals surface area contributed by atoms with Crippen LogP contribution in [0.2, 0.25) is 0 Å². The van der Waals surface area contributed by atoms with Gasteiger partial charge in [0, 0.05) is 24.1 Å². The second kappa shape index (κ2) is 11.3. The fourth-order valence-electron chi connectivity index (χ4n) is 6.18. The molecule has 7 rings (SSSR count). The van der Waals surface area contributed by atoms with Crippen molar-refractivity contribution in [1.29, 1.82) is 0 Å². The summed E-state index contributed by atoms with van der Waals surface area (Å²) in [6, 6.07) is 6.10. The van der Waals surface area contributed by atoms with E-state index in [2.05, 4.69) is 22.5 Å². The lowest BCUT2D eigenvalue weighted by atomic mass is 10.1. The Hall–Kier alpha value is -3.26. The predicted octanol–water partition coefficient (Wildman–Crippen LogP) is 4.68. The molecule has 3 saturated carbocycles.